The van der Waals surface area contributed by atoms with Crippen LogP contribution in [0.25, 0.3) is 17.0 Å². The van der Waals surface area contributed by atoms with Gasteiger partial charge in [0.25, 0.3) is 16.8 Å². The number of carbonyl (C=O) groups excluding carboxylic acids is 3. The normalized spacial score (nSPS) is 14.9. The Balaban J connectivity index is 1.62. The van der Waals surface area contributed by atoms with Crippen LogP contribution in [0.5, 0.6) is 0 Å². The van der Waals surface area contributed by atoms with Gasteiger partial charge in [-0.3, -0.25) is 29.4 Å². The van der Waals surface area contributed by atoms with Crippen molar-refractivity contribution in [3.63, 3.8) is 0 Å². The zero-order chi connectivity index (χ0) is 23.5. The van der Waals surface area contributed by atoms with Crippen LogP contribution in [0.3, 0.4) is 0 Å². The zero-order valence-corrected chi connectivity index (χ0v) is 18.4. The van der Waals surface area contributed by atoms with Crippen molar-refractivity contribution >= 4 is 51.5 Å². The van der Waals surface area contributed by atoms with Crippen molar-refractivity contribution in [2.24, 2.45) is 0 Å². The van der Waals surface area contributed by atoms with Crippen LogP contribution in [0.2, 0.25) is 0 Å². The molecule has 0 atom stereocenters. The Labute approximate surface area is 192 Å². The molecular weight excluding hydrogens is 446 g/mol. The smallest absolute Gasteiger partial charge is 0.325 e. The van der Waals surface area contributed by atoms with Gasteiger partial charge in [-0.1, -0.05) is 30.3 Å². The third kappa shape index (κ3) is 4.65. The number of nitro groups is 1. The van der Waals surface area contributed by atoms with Crippen molar-refractivity contribution in [2.75, 3.05) is 6.61 Å². The first-order valence-corrected chi connectivity index (χ1v) is 10.9. The molecule has 0 saturated carbocycles. The number of imide groups is 1. The van der Waals surface area contributed by atoms with E-state index in [4.69, 9.17) is 4.74 Å². The van der Waals surface area contributed by atoms with Crippen molar-refractivity contribution in [1.82, 2.24) is 9.47 Å². The summed E-state index contributed by atoms with van der Waals surface area (Å²) in [6, 6.07) is 13.3. The molecule has 0 aliphatic carbocycles. The standard InChI is InChI=1S/C23H19N3O6S/c1-2-32-21(27)14-24-13-16(18-8-3-4-9-19(18)24)11-20-22(28)25(23(29)33-20)12-15-6-5-7-17(10-15)26(30)31/h3-11,13H,2,12,14H2,1H3/b20-11+. The number of ether oxygens (including phenoxy) is 1. The molecule has 1 fully saturated rings. The summed E-state index contributed by atoms with van der Waals surface area (Å²) in [4.78, 5) is 49.2. The number of non-ortho nitro benzene ring substituents is 1. The molecule has 0 N–H and O–H groups in total. The molecule has 2 aromatic carbocycles. The quantitative estimate of drug-likeness (QED) is 0.221. The minimum atomic E-state index is -0.525. The molecule has 1 aromatic heterocycles. The molecule has 2 heterocycles. The topological polar surface area (TPSA) is 112 Å². The Morgan fingerprint density at radius 3 is 2.73 bits per heavy atom. The van der Waals surface area contributed by atoms with Gasteiger partial charge < -0.3 is 9.30 Å². The van der Waals surface area contributed by atoms with Gasteiger partial charge >= 0.3 is 5.97 Å². The average molecular weight is 465 g/mol. The van der Waals surface area contributed by atoms with E-state index in [1.165, 1.54) is 18.2 Å². The number of fused-ring (bicyclic) bond motifs is 1. The lowest BCUT2D eigenvalue weighted by Gasteiger charge is -2.12. The van der Waals surface area contributed by atoms with E-state index in [0.717, 1.165) is 27.6 Å². The second-order valence-electron chi connectivity index (χ2n) is 7.23. The number of aromatic nitrogens is 1. The number of hydrogen-bond donors (Lipinski definition) is 0. The number of thioether (sulfide) groups is 1. The van der Waals surface area contributed by atoms with E-state index in [1.807, 2.05) is 24.3 Å². The summed E-state index contributed by atoms with van der Waals surface area (Å²) >= 11 is 0.810. The molecule has 3 aromatic rings. The van der Waals surface area contributed by atoms with Gasteiger partial charge in [-0.25, -0.2) is 0 Å². The lowest BCUT2D eigenvalue weighted by molar-refractivity contribution is -0.384. The largest absolute Gasteiger partial charge is 0.465 e. The Morgan fingerprint density at radius 1 is 1.18 bits per heavy atom. The van der Waals surface area contributed by atoms with E-state index in [9.17, 15) is 24.5 Å². The minimum absolute atomic E-state index is 0.0243. The van der Waals surface area contributed by atoms with Crippen molar-refractivity contribution in [3.05, 3.63) is 80.9 Å². The number of para-hydroxylation sites is 1. The molecule has 0 radical (unpaired) electrons. The highest BCUT2D eigenvalue weighted by atomic mass is 32.2. The summed E-state index contributed by atoms with van der Waals surface area (Å²) in [6.07, 6.45) is 3.37. The third-order valence-corrected chi connectivity index (χ3v) is 5.95. The second-order valence-corrected chi connectivity index (χ2v) is 8.22. The van der Waals surface area contributed by atoms with Gasteiger partial charge in [0, 0.05) is 34.8 Å². The van der Waals surface area contributed by atoms with Gasteiger partial charge in [0.2, 0.25) is 0 Å². The molecule has 1 aliphatic heterocycles. The fourth-order valence-electron chi connectivity index (χ4n) is 3.60. The summed E-state index contributed by atoms with van der Waals surface area (Å²) in [5, 5.41) is 11.4. The van der Waals surface area contributed by atoms with Gasteiger partial charge in [-0.2, -0.15) is 0 Å². The van der Waals surface area contributed by atoms with Crippen LogP contribution in [-0.2, 0) is 27.4 Å². The summed E-state index contributed by atoms with van der Waals surface area (Å²) < 4.78 is 6.78. The Morgan fingerprint density at radius 2 is 1.97 bits per heavy atom. The molecular formula is C23H19N3O6S. The van der Waals surface area contributed by atoms with Gasteiger partial charge in [-0.15, -0.1) is 0 Å². The number of hydrogen-bond acceptors (Lipinski definition) is 7. The Hall–Kier alpha value is -3.92. The highest BCUT2D eigenvalue weighted by molar-refractivity contribution is 8.18. The fourth-order valence-corrected chi connectivity index (χ4v) is 4.42. The number of nitro benzene ring substituents is 1. The van der Waals surface area contributed by atoms with E-state index >= 15 is 0 Å². The van der Waals surface area contributed by atoms with Crippen LogP contribution in [0.4, 0.5) is 10.5 Å². The molecule has 2 amide bonds. The first-order chi connectivity index (χ1) is 15.9. The Kier molecular flexibility index (Phi) is 6.27. The molecule has 168 valence electrons. The monoisotopic (exact) mass is 465 g/mol. The fraction of sp³-hybridized carbons (Fsp3) is 0.174. The molecule has 1 saturated heterocycles. The predicted octanol–water partition coefficient (Wildman–Crippen LogP) is 4.35. The van der Waals surface area contributed by atoms with Crippen molar-refractivity contribution in [3.8, 4) is 0 Å². The lowest BCUT2D eigenvalue weighted by atomic mass is 10.1. The van der Waals surface area contributed by atoms with E-state index in [0.29, 0.717) is 11.1 Å². The number of amides is 2. The zero-order valence-electron chi connectivity index (χ0n) is 17.6. The predicted molar refractivity (Wildman–Crippen MR) is 123 cm³/mol. The summed E-state index contributed by atoms with van der Waals surface area (Å²) in [6.45, 7) is 1.98. The van der Waals surface area contributed by atoms with E-state index in [-0.39, 0.29) is 36.3 Å². The molecule has 0 spiro atoms. The van der Waals surface area contributed by atoms with Crippen LogP contribution in [0.1, 0.15) is 18.1 Å². The summed E-state index contributed by atoms with van der Waals surface area (Å²) in [5.41, 5.74) is 1.87. The van der Waals surface area contributed by atoms with Gasteiger partial charge in [0.1, 0.15) is 6.54 Å². The minimum Gasteiger partial charge on any atom is -0.465 e. The molecule has 0 unspecified atom stereocenters. The maximum absolute atomic E-state index is 13.0. The Bertz CT molecular complexity index is 1310. The summed E-state index contributed by atoms with van der Waals surface area (Å²) in [7, 11) is 0. The van der Waals surface area contributed by atoms with Crippen LogP contribution >= 0.6 is 11.8 Å². The van der Waals surface area contributed by atoms with E-state index in [1.54, 1.807) is 29.8 Å². The second kappa shape index (κ2) is 9.29. The van der Waals surface area contributed by atoms with E-state index in [2.05, 4.69) is 0 Å². The highest BCUT2D eigenvalue weighted by Crippen LogP contribution is 2.35. The lowest BCUT2D eigenvalue weighted by Crippen LogP contribution is -2.27. The number of esters is 1. The third-order valence-electron chi connectivity index (χ3n) is 5.05. The molecule has 10 heteroatoms. The van der Waals surface area contributed by atoms with Crippen LogP contribution in [0, 0.1) is 10.1 Å². The first kappa shape index (κ1) is 22.3. The maximum Gasteiger partial charge on any atom is 0.325 e. The summed E-state index contributed by atoms with van der Waals surface area (Å²) in [5.74, 6) is -0.846. The average Bonchev–Trinajstić information content (AvgIpc) is 3.26. The van der Waals surface area contributed by atoms with Gasteiger partial charge in [0.15, 0.2) is 0 Å². The number of carbonyl (C=O) groups is 3. The number of nitrogens with zero attached hydrogens (tertiary/aromatic N) is 3. The molecule has 4 rings (SSSR count). The molecule has 0 bridgehead atoms. The number of rotatable bonds is 7. The molecule has 33 heavy (non-hydrogen) atoms. The van der Waals surface area contributed by atoms with Gasteiger partial charge in [0.05, 0.1) is 23.0 Å². The van der Waals surface area contributed by atoms with Crippen molar-refractivity contribution in [2.45, 2.75) is 20.0 Å². The van der Waals surface area contributed by atoms with Crippen LogP contribution in [0.15, 0.2) is 59.6 Å². The van der Waals surface area contributed by atoms with Crippen LogP contribution in [-0.4, -0.2) is 38.1 Å². The first-order valence-electron chi connectivity index (χ1n) is 10.1. The van der Waals surface area contributed by atoms with E-state index < -0.39 is 16.1 Å². The SMILES string of the molecule is CCOC(=O)Cn1cc(/C=C2/SC(=O)N(Cc3cccc([N+](=O)[O-])c3)C2=O)c2ccccc21. The molecule has 1 aliphatic rings. The van der Waals surface area contributed by atoms with Crippen molar-refractivity contribution < 1.29 is 24.0 Å². The van der Waals surface area contributed by atoms with Crippen molar-refractivity contribution in [1.29, 1.82) is 0 Å². The highest BCUT2D eigenvalue weighted by Gasteiger charge is 2.35. The number of benzene rings is 2. The van der Waals surface area contributed by atoms with Crippen LogP contribution < -0.4 is 0 Å². The maximum atomic E-state index is 13.0. The molecule has 9 nitrogen and oxygen atoms in total. The van der Waals surface area contributed by atoms with Gasteiger partial charge in [-0.05, 0) is 36.4 Å².